The van der Waals surface area contributed by atoms with Crippen LogP contribution in [0.5, 0.6) is 0 Å². The van der Waals surface area contributed by atoms with Gasteiger partial charge in [-0.3, -0.25) is 0 Å². The molecule has 2 heteroatoms. The average molecular weight is 434 g/mol. The standard InChI is InChI=1S/C32H18O2/c1-3-9-22-19(7-1)17-20-8-2-4-10-23(20)30(22)21-13-14-25-29(18-21)34-28-16-15-27-31(32(25)28)24-11-5-6-12-26(24)33-27/h1-18H. The highest BCUT2D eigenvalue weighted by atomic mass is 16.3. The van der Waals surface area contributed by atoms with Crippen LogP contribution in [-0.4, -0.2) is 0 Å². The van der Waals surface area contributed by atoms with E-state index in [1.54, 1.807) is 0 Å². The second-order valence-electron chi connectivity index (χ2n) is 8.92. The molecule has 8 rings (SSSR count). The number of para-hydroxylation sites is 1. The minimum Gasteiger partial charge on any atom is -0.456 e. The molecule has 0 fully saturated rings. The van der Waals surface area contributed by atoms with Crippen LogP contribution in [0.3, 0.4) is 0 Å². The van der Waals surface area contributed by atoms with Gasteiger partial charge in [0.2, 0.25) is 0 Å². The van der Waals surface area contributed by atoms with Gasteiger partial charge in [0, 0.05) is 21.5 Å². The first-order valence-corrected chi connectivity index (χ1v) is 11.5. The summed E-state index contributed by atoms with van der Waals surface area (Å²) in [5.74, 6) is 0. The fourth-order valence-corrected chi connectivity index (χ4v) is 5.56. The molecule has 158 valence electrons. The van der Waals surface area contributed by atoms with E-state index in [4.69, 9.17) is 8.83 Å². The zero-order valence-electron chi connectivity index (χ0n) is 18.2. The highest BCUT2D eigenvalue weighted by Crippen LogP contribution is 2.42. The van der Waals surface area contributed by atoms with Gasteiger partial charge in [-0.05, 0) is 69.1 Å². The van der Waals surface area contributed by atoms with Gasteiger partial charge < -0.3 is 8.83 Å². The molecule has 0 bridgehead atoms. The minimum atomic E-state index is 0.883. The lowest BCUT2D eigenvalue weighted by atomic mass is 9.91. The van der Waals surface area contributed by atoms with Gasteiger partial charge in [0.05, 0.1) is 0 Å². The fraction of sp³-hybridized carbons (Fsp3) is 0. The van der Waals surface area contributed by atoms with E-state index in [1.165, 1.54) is 27.1 Å². The van der Waals surface area contributed by atoms with Crippen molar-refractivity contribution in [3.63, 3.8) is 0 Å². The molecule has 0 spiro atoms. The van der Waals surface area contributed by atoms with Gasteiger partial charge in [-0.25, -0.2) is 0 Å². The quantitative estimate of drug-likeness (QED) is 0.240. The van der Waals surface area contributed by atoms with E-state index >= 15 is 0 Å². The Morgan fingerprint density at radius 3 is 1.65 bits per heavy atom. The van der Waals surface area contributed by atoms with Crippen molar-refractivity contribution in [3.05, 3.63) is 109 Å². The highest BCUT2D eigenvalue weighted by molar-refractivity contribution is 6.26. The van der Waals surface area contributed by atoms with Crippen LogP contribution in [0.25, 0.3) is 76.5 Å². The molecule has 8 aromatic rings. The lowest BCUT2D eigenvalue weighted by Gasteiger charge is -2.12. The molecule has 2 heterocycles. The lowest BCUT2D eigenvalue weighted by molar-refractivity contribution is 0.663. The smallest absolute Gasteiger partial charge is 0.136 e. The van der Waals surface area contributed by atoms with E-state index < -0.39 is 0 Å². The molecule has 0 atom stereocenters. The van der Waals surface area contributed by atoms with Crippen molar-refractivity contribution in [1.29, 1.82) is 0 Å². The molecule has 0 saturated carbocycles. The molecule has 0 radical (unpaired) electrons. The molecule has 0 aliphatic heterocycles. The maximum Gasteiger partial charge on any atom is 0.136 e. The summed E-state index contributed by atoms with van der Waals surface area (Å²) in [6, 6.07) is 38.4. The second-order valence-corrected chi connectivity index (χ2v) is 8.92. The molecule has 2 nitrogen and oxygen atoms in total. The first-order valence-electron chi connectivity index (χ1n) is 11.5. The van der Waals surface area contributed by atoms with Crippen molar-refractivity contribution in [2.75, 3.05) is 0 Å². The van der Waals surface area contributed by atoms with Crippen molar-refractivity contribution in [2.24, 2.45) is 0 Å². The van der Waals surface area contributed by atoms with Gasteiger partial charge in [-0.15, -0.1) is 0 Å². The van der Waals surface area contributed by atoms with Crippen LogP contribution in [0.15, 0.2) is 118 Å². The maximum atomic E-state index is 6.42. The molecule has 0 N–H and O–H groups in total. The zero-order chi connectivity index (χ0) is 22.2. The summed E-state index contributed by atoms with van der Waals surface area (Å²) in [5.41, 5.74) is 5.97. The number of hydrogen-bond donors (Lipinski definition) is 0. The summed E-state index contributed by atoms with van der Waals surface area (Å²) in [4.78, 5) is 0. The second kappa shape index (κ2) is 6.49. The van der Waals surface area contributed by atoms with Crippen LogP contribution in [-0.2, 0) is 0 Å². The molecule has 0 amide bonds. The number of hydrogen-bond acceptors (Lipinski definition) is 2. The predicted octanol–water partition coefficient (Wildman–Crippen LogP) is 9.46. The van der Waals surface area contributed by atoms with E-state index in [0.29, 0.717) is 0 Å². The third-order valence-corrected chi connectivity index (χ3v) is 7.04. The monoisotopic (exact) mass is 434 g/mol. The van der Waals surface area contributed by atoms with Crippen LogP contribution in [0.2, 0.25) is 0 Å². The molecule has 34 heavy (non-hydrogen) atoms. The third-order valence-electron chi connectivity index (χ3n) is 7.04. The van der Waals surface area contributed by atoms with Crippen molar-refractivity contribution in [1.82, 2.24) is 0 Å². The summed E-state index contributed by atoms with van der Waals surface area (Å²) in [5, 5.41) is 9.46. The van der Waals surface area contributed by atoms with Crippen molar-refractivity contribution in [2.45, 2.75) is 0 Å². The number of fused-ring (bicyclic) bond motifs is 9. The van der Waals surface area contributed by atoms with Gasteiger partial charge in [0.25, 0.3) is 0 Å². The Morgan fingerprint density at radius 1 is 0.382 bits per heavy atom. The van der Waals surface area contributed by atoms with E-state index in [2.05, 4.69) is 84.9 Å². The van der Waals surface area contributed by atoms with Crippen molar-refractivity contribution in [3.8, 4) is 11.1 Å². The molecular formula is C32H18O2. The molecule has 0 unspecified atom stereocenters. The minimum absolute atomic E-state index is 0.883. The van der Waals surface area contributed by atoms with Crippen LogP contribution in [0, 0.1) is 0 Å². The van der Waals surface area contributed by atoms with Gasteiger partial charge in [-0.2, -0.15) is 0 Å². The summed E-state index contributed by atoms with van der Waals surface area (Å²) in [7, 11) is 0. The highest BCUT2D eigenvalue weighted by Gasteiger charge is 2.17. The topological polar surface area (TPSA) is 26.3 Å². The van der Waals surface area contributed by atoms with Gasteiger partial charge in [-0.1, -0.05) is 72.8 Å². The lowest BCUT2D eigenvalue weighted by Crippen LogP contribution is -1.85. The normalized spacial score (nSPS) is 12.1. The van der Waals surface area contributed by atoms with E-state index in [9.17, 15) is 0 Å². The fourth-order valence-electron chi connectivity index (χ4n) is 5.56. The van der Waals surface area contributed by atoms with Crippen LogP contribution >= 0.6 is 0 Å². The summed E-state index contributed by atoms with van der Waals surface area (Å²) >= 11 is 0. The Morgan fingerprint density at radius 2 is 0.941 bits per heavy atom. The molecule has 6 aromatic carbocycles. The number of furan rings is 2. The van der Waals surface area contributed by atoms with Gasteiger partial charge in [0.1, 0.15) is 22.3 Å². The van der Waals surface area contributed by atoms with Crippen LogP contribution in [0.4, 0.5) is 0 Å². The SMILES string of the molecule is c1ccc2c(-c3ccc4c(c3)oc3ccc5oc6ccccc6c5c34)c3ccccc3cc2c1. The first kappa shape index (κ1) is 17.9. The van der Waals surface area contributed by atoms with Gasteiger partial charge in [0.15, 0.2) is 0 Å². The largest absolute Gasteiger partial charge is 0.456 e. The summed E-state index contributed by atoms with van der Waals surface area (Å²) in [6.45, 7) is 0. The van der Waals surface area contributed by atoms with E-state index in [1.807, 2.05) is 24.3 Å². The Balaban J connectivity index is 1.48. The summed E-state index contributed by atoms with van der Waals surface area (Å²) in [6.07, 6.45) is 0. The third kappa shape index (κ3) is 2.35. The Bertz CT molecular complexity index is 2020. The Hall–Kier alpha value is -4.56. The maximum absolute atomic E-state index is 6.42. The van der Waals surface area contributed by atoms with Crippen molar-refractivity contribution < 1.29 is 8.83 Å². The Kier molecular flexibility index (Phi) is 3.42. The molecular weight excluding hydrogens is 416 g/mol. The number of benzene rings is 6. The predicted molar refractivity (Wildman–Crippen MR) is 141 cm³/mol. The zero-order valence-corrected chi connectivity index (χ0v) is 18.2. The average Bonchev–Trinajstić information content (AvgIpc) is 3.44. The molecule has 2 aromatic heterocycles. The Labute approximate surface area is 194 Å². The molecule has 0 saturated heterocycles. The van der Waals surface area contributed by atoms with Crippen LogP contribution in [0.1, 0.15) is 0 Å². The van der Waals surface area contributed by atoms with Crippen LogP contribution < -0.4 is 0 Å². The molecule has 0 aliphatic rings. The summed E-state index contributed by atoms with van der Waals surface area (Å²) < 4.78 is 12.6. The van der Waals surface area contributed by atoms with E-state index in [-0.39, 0.29) is 0 Å². The first-order chi connectivity index (χ1) is 16.8. The molecule has 0 aliphatic carbocycles. The van der Waals surface area contributed by atoms with Crippen molar-refractivity contribution >= 4 is 65.4 Å². The number of rotatable bonds is 1. The van der Waals surface area contributed by atoms with E-state index in [0.717, 1.165) is 49.4 Å². The van der Waals surface area contributed by atoms with Gasteiger partial charge >= 0.3 is 0 Å².